The van der Waals surface area contributed by atoms with E-state index in [9.17, 15) is 0 Å². The highest BCUT2D eigenvalue weighted by Crippen LogP contribution is 2.38. The molecule has 0 atom stereocenters. The summed E-state index contributed by atoms with van der Waals surface area (Å²) in [5.41, 5.74) is 5.72. The van der Waals surface area contributed by atoms with Crippen molar-refractivity contribution in [1.29, 1.82) is 0 Å². The average Bonchev–Trinajstić information content (AvgIpc) is 3.24. The highest BCUT2D eigenvalue weighted by Gasteiger charge is 2.25. The Kier molecular flexibility index (Phi) is 3.50. The molecule has 0 aliphatic carbocycles. The summed E-state index contributed by atoms with van der Waals surface area (Å²) in [5, 5.41) is 11.8. The highest BCUT2D eigenvalue weighted by molar-refractivity contribution is 6.30. The van der Waals surface area contributed by atoms with Gasteiger partial charge in [0, 0.05) is 22.7 Å². The number of aryl methyl sites for hydroxylation is 1. The fourth-order valence-corrected chi connectivity index (χ4v) is 4.08. The lowest BCUT2D eigenvalue weighted by atomic mass is 9.99. The van der Waals surface area contributed by atoms with Gasteiger partial charge in [-0.25, -0.2) is 4.68 Å². The van der Waals surface area contributed by atoms with Crippen molar-refractivity contribution in [2.75, 3.05) is 11.9 Å². The van der Waals surface area contributed by atoms with Gasteiger partial charge in [0.05, 0.1) is 11.4 Å². The Hall–Kier alpha value is -2.78. The zero-order chi connectivity index (χ0) is 17.7. The van der Waals surface area contributed by atoms with Gasteiger partial charge in [0.1, 0.15) is 5.82 Å². The van der Waals surface area contributed by atoms with Gasteiger partial charge in [0.25, 0.3) is 0 Å². The van der Waals surface area contributed by atoms with Crippen molar-refractivity contribution in [1.82, 2.24) is 9.78 Å². The number of benzene rings is 3. The molecule has 0 saturated carbocycles. The second kappa shape index (κ2) is 5.89. The maximum atomic E-state index is 6.14. The molecule has 26 heavy (non-hydrogen) atoms. The standard InChI is InChI=1S/C22H18ClN3/c1-14-13-16(23)9-10-20(14)26-22-19(11-12-24-22)21(25-26)18-8-4-6-15-5-2-3-7-17(15)18/h2-10,13,24H,11-12H2,1H3. The van der Waals surface area contributed by atoms with E-state index in [2.05, 4.69) is 54.7 Å². The SMILES string of the molecule is Cc1cc(Cl)ccc1-n1nc(-c2cccc3ccccc23)c2c1NCC2. The van der Waals surface area contributed by atoms with E-state index in [1.54, 1.807) is 0 Å². The molecule has 0 amide bonds. The molecule has 1 aromatic heterocycles. The van der Waals surface area contributed by atoms with Gasteiger partial charge in [0.15, 0.2) is 0 Å². The Bertz CT molecular complexity index is 1140. The highest BCUT2D eigenvalue weighted by atomic mass is 35.5. The third-order valence-electron chi connectivity index (χ3n) is 5.08. The first-order chi connectivity index (χ1) is 12.7. The molecule has 0 fully saturated rings. The molecule has 1 N–H and O–H groups in total. The fourth-order valence-electron chi connectivity index (χ4n) is 3.85. The van der Waals surface area contributed by atoms with Crippen molar-refractivity contribution in [2.24, 2.45) is 0 Å². The molecule has 2 heterocycles. The molecule has 1 aliphatic heterocycles. The molecular formula is C22H18ClN3. The summed E-state index contributed by atoms with van der Waals surface area (Å²) < 4.78 is 2.03. The van der Waals surface area contributed by atoms with Gasteiger partial charge >= 0.3 is 0 Å². The zero-order valence-corrected chi connectivity index (χ0v) is 15.2. The molecule has 3 nitrogen and oxygen atoms in total. The van der Waals surface area contributed by atoms with Crippen LogP contribution in [-0.2, 0) is 6.42 Å². The number of halogens is 1. The van der Waals surface area contributed by atoms with E-state index in [4.69, 9.17) is 16.7 Å². The fraction of sp³-hybridized carbons (Fsp3) is 0.136. The number of anilines is 1. The van der Waals surface area contributed by atoms with Gasteiger partial charge < -0.3 is 5.32 Å². The maximum Gasteiger partial charge on any atom is 0.133 e. The number of nitrogens with zero attached hydrogens (tertiary/aromatic N) is 2. The summed E-state index contributed by atoms with van der Waals surface area (Å²) in [6, 6.07) is 20.9. The van der Waals surface area contributed by atoms with Gasteiger partial charge in [-0.05, 0) is 47.9 Å². The number of aromatic nitrogens is 2. The van der Waals surface area contributed by atoms with E-state index >= 15 is 0 Å². The summed E-state index contributed by atoms with van der Waals surface area (Å²) >= 11 is 6.14. The molecule has 5 rings (SSSR count). The van der Waals surface area contributed by atoms with Crippen molar-refractivity contribution in [3.63, 3.8) is 0 Å². The van der Waals surface area contributed by atoms with Gasteiger partial charge in [-0.2, -0.15) is 5.10 Å². The molecular weight excluding hydrogens is 342 g/mol. The molecule has 4 heteroatoms. The number of rotatable bonds is 2. The second-order valence-electron chi connectivity index (χ2n) is 6.72. The van der Waals surface area contributed by atoms with Crippen LogP contribution in [0.4, 0.5) is 5.82 Å². The van der Waals surface area contributed by atoms with Crippen molar-refractivity contribution in [2.45, 2.75) is 13.3 Å². The Labute approximate surface area is 157 Å². The summed E-state index contributed by atoms with van der Waals surface area (Å²) in [6.07, 6.45) is 0.987. The van der Waals surface area contributed by atoms with E-state index < -0.39 is 0 Å². The van der Waals surface area contributed by atoms with Crippen LogP contribution in [0.15, 0.2) is 60.7 Å². The summed E-state index contributed by atoms with van der Waals surface area (Å²) in [7, 11) is 0. The number of fused-ring (bicyclic) bond motifs is 2. The normalized spacial score (nSPS) is 13.0. The summed E-state index contributed by atoms with van der Waals surface area (Å²) in [5.74, 6) is 1.10. The molecule has 0 unspecified atom stereocenters. The van der Waals surface area contributed by atoms with Gasteiger partial charge in [0.2, 0.25) is 0 Å². The first-order valence-electron chi connectivity index (χ1n) is 8.83. The molecule has 128 valence electrons. The molecule has 0 spiro atoms. The zero-order valence-electron chi connectivity index (χ0n) is 14.5. The monoisotopic (exact) mass is 359 g/mol. The van der Waals surface area contributed by atoms with Crippen LogP contribution in [0.25, 0.3) is 27.7 Å². The number of hydrogen-bond acceptors (Lipinski definition) is 2. The lowest BCUT2D eigenvalue weighted by Crippen LogP contribution is -2.05. The second-order valence-corrected chi connectivity index (χ2v) is 7.16. The topological polar surface area (TPSA) is 29.9 Å². The van der Waals surface area contributed by atoms with Crippen LogP contribution in [0.2, 0.25) is 5.02 Å². The minimum Gasteiger partial charge on any atom is -0.369 e. The van der Waals surface area contributed by atoms with Gasteiger partial charge in [-0.15, -0.1) is 0 Å². The third-order valence-corrected chi connectivity index (χ3v) is 5.32. The van der Waals surface area contributed by atoms with Gasteiger partial charge in [-0.3, -0.25) is 0 Å². The van der Waals surface area contributed by atoms with E-state index in [0.29, 0.717) is 0 Å². The van der Waals surface area contributed by atoms with Crippen LogP contribution >= 0.6 is 11.6 Å². The van der Waals surface area contributed by atoms with Crippen LogP contribution in [0, 0.1) is 6.92 Å². The predicted molar refractivity (Wildman–Crippen MR) is 108 cm³/mol. The van der Waals surface area contributed by atoms with E-state index in [0.717, 1.165) is 40.8 Å². The summed E-state index contributed by atoms with van der Waals surface area (Å²) in [4.78, 5) is 0. The predicted octanol–water partition coefficient (Wildman–Crippen LogP) is 5.62. The van der Waals surface area contributed by atoms with Crippen LogP contribution in [0.1, 0.15) is 11.1 Å². The van der Waals surface area contributed by atoms with Crippen LogP contribution in [0.3, 0.4) is 0 Å². The van der Waals surface area contributed by atoms with Crippen molar-refractivity contribution in [3.05, 3.63) is 76.8 Å². The van der Waals surface area contributed by atoms with Crippen molar-refractivity contribution >= 4 is 28.2 Å². The third kappa shape index (κ3) is 2.31. The van der Waals surface area contributed by atoms with Crippen LogP contribution in [-0.4, -0.2) is 16.3 Å². The van der Waals surface area contributed by atoms with Gasteiger partial charge in [-0.1, -0.05) is 54.1 Å². The largest absolute Gasteiger partial charge is 0.369 e. The molecule has 0 radical (unpaired) electrons. The Morgan fingerprint density at radius 1 is 1.04 bits per heavy atom. The molecule has 0 bridgehead atoms. The van der Waals surface area contributed by atoms with Crippen molar-refractivity contribution in [3.8, 4) is 16.9 Å². The maximum absolute atomic E-state index is 6.14. The number of hydrogen-bond donors (Lipinski definition) is 1. The Morgan fingerprint density at radius 2 is 1.88 bits per heavy atom. The average molecular weight is 360 g/mol. The van der Waals surface area contributed by atoms with E-state index in [1.165, 1.54) is 21.9 Å². The summed E-state index contributed by atoms with van der Waals surface area (Å²) in [6.45, 7) is 3.01. The Morgan fingerprint density at radius 3 is 2.77 bits per heavy atom. The molecule has 0 saturated heterocycles. The van der Waals surface area contributed by atoms with Crippen LogP contribution in [0.5, 0.6) is 0 Å². The smallest absolute Gasteiger partial charge is 0.133 e. The number of nitrogens with one attached hydrogen (secondary N) is 1. The van der Waals surface area contributed by atoms with E-state index in [-0.39, 0.29) is 0 Å². The van der Waals surface area contributed by atoms with E-state index in [1.807, 2.05) is 22.9 Å². The minimum absolute atomic E-state index is 0.747. The molecule has 3 aromatic carbocycles. The lowest BCUT2D eigenvalue weighted by Gasteiger charge is -2.10. The molecule has 1 aliphatic rings. The first kappa shape index (κ1) is 15.5. The quantitative estimate of drug-likeness (QED) is 0.503. The van der Waals surface area contributed by atoms with Crippen molar-refractivity contribution < 1.29 is 0 Å². The first-order valence-corrected chi connectivity index (χ1v) is 9.20. The molecule has 4 aromatic rings. The Balaban J connectivity index is 1.77. The van der Waals surface area contributed by atoms with Crippen LogP contribution < -0.4 is 5.32 Å². The lowest BCUT2D eigenvalue weighted by molar-refractivity contribution is 0.876. The minimum atomic E-state index is 0.747.